The number of rotatable bonds is 5. The first-order valence-corrected chi connectivity index (χ1v) is 5.96. The van der Waals surface area contributed by atoms with Gasteiger partial charge < -0.3 is 10.0 Å². The molecular weight excluding hydrogens is 274 g/mol. The average molecular weight is 285 g/mol. The molecule has 0 saturated heterocycles. The van der Waals surface area contributed by atoms with Crippen molar-refractivity contribution in [3.8, 4) is 12.3 Å². The van der Waals surface area contributed by atoms with Crippen LogP contribution in [0.15, 0.2) is 30.3 Å². The number of non-ortho nitro benzene ring substituents is 1. The van der Waals surface area contributed by atoms with Gasteiger partial charge in [-0.1, -0.05) is 5.92 Å². The molecule has 21 heavy (non-hydrogen) atoms. The Morgan fingerprint density at radius 1 is 1.43 bits per heavy atom. The Kier molecular flexibility index (Phi) is 4.00. The summed E-state index contributed by atoms with van der Waals surface area (Å²) in [5, 5.41) is 20.2. The first kappa shape index (κ1) is 14.3. The highest BCUT2D eigenvalue weighted by atomic mass is 16.6. The smallest absolute Gasteiger partial charge is 0.323 e. The number of nitro benzene ring substituents is 1. The molecule has 0 atom stereocenters. The van der Waals surface area contributed by atoms with Gasteiger partial charge in [0.05, 0.1) is 17.0 Å². The van der Waals surface area contributed by atoms with Crippen molar-refractivity contribution in [1.29, 1.82) is 0 Å². The molecule has 106 valence electrons. The second-order valence-corrected chi connectivity index (χ2v) is 4.26. The van der Waals surface area contributed by atoms with Crippen molar-refractivity contribution in [2.75, 3.05) is 18.0 Å². The minimum absolute atomic E-state index is 0.0249. The molecule has 0 amide bonds. The fraction of sp³-hybridized carbons (Fsp3) is 0.143. The largest absolute Gasteiger partial charge is 0.480 e. The summed E-state index contributed by atoms with van der Waals surface area (Å²) < 4.78 is 0. The van der Waals surface area contributed by atoms with E-state index in [1.165, 1.54) is 23.1 Å². The number of carbonyl (C=O) groups is 1. The number of fused-ring (bicyclic) bond motifs is 1. The molecule has 1 aromatic carbocycles. The Morgan fingerprint density at radius 3 is 2.81 bits per heavy atom. The van der Waals surface area contributed by atoms with Crippen molar-refractivity contribution in [1.82, 2.24) is 4.98 Å². The van der Waals surface area contributed by atoms with Crippen LogP contribution in [0.25, 0.3) is 10.9 Å². The molecule has 0 radical (unpaired) electrons. The van der Waals surface area contributed by atoms with E-state index in [0.717, 1.165) is 0 Å². The van der Waals surface area contributed by atoms with Crippen molar-refractivity contribution in [3.63, 3.8) is 0 Å². The van der Waals surface area contributed by atoms with Crippen LogP contribution in [0.1, 0.15) is 0 Å². The van der Waals surface area contributed by atoms with Crippen LogP contribution in [-0.4, -0.2) is 34.1 Å². The molecule has 2 rings (SSSR count). The van der Waals surface area contributed by atoms with Gasteiger partial charge >= 0.3 is 5.97 Å². The molecule has 0 fully saturated rings. The Bertz CT molecular complexity index is 751. The minimum atomic E-state index is -1.02. The summed E-state index contributed by atoms with van der Waals surface area (Å²) in [6.07, 6.45) is 5.22. The maximum Gasteiger partial charge on any atom is 0.323 e. The number of carboxylic acids is 1. The molecule has 1 N–H and O–H groups in total. The summed E-state index contributed by atoms with van der Waals surface area (Å²) in [6.45, 7) is -0.159. The third-order valence-corrected chi connectivity index (χ3v) is 2.80. The average Bonchev–Trinajstić information content (AvgIpc) is 2.45. The van der Waals surface area contributed by atoms with Crippen LogP contribution >= 0.6 is 0 Å². The lowest BCUT2D eigenvalue weighted by atomic mass is 10.2. The normalized spacial score (nSPS) is 10.0. The summed E-state index contributed by atoms with van der Waals surface area (Å²) in [7, 11) is 0. The number of carboxylic acid groups (broad SMARTS) is 1. The van der Waals surface area contributed by atoms with E-state index in [-0.39, 0.29) is 18.8 Å². The van der Waals surface area contributed by atoms with E-state index in [1.54, 1.807) is 12.1 Å². The number of pyridine rings is 1. The van der Waals surface area contributed by atoms with Gasteiger partial charge in [0, 0.05) is 17.5 Å². The third-order valence-electron chi connectivity index (χ3n) is 2.80. The molecule has 0 aliphatic carbocycles. The van der Waals surface area contributed by atoms with Crippen molar-refractivity contribution in [2.24, 2.45) is 0 Å². The van der Waals surface area contributed by atoms with E-state index in [4.69, 9.17) is 11.5 Å². The van der Waals surface area contributed by atoms with E-state index >= 15 is 0 Å². The summed E-state index contributed by atoms with van der Waals surface area (Å²) in [6, 6.07) is 7.52. The maximum absolute atomic E-state index is 10.8. The highest BCUT2D eigenvalue weighted by molar-refractivity contribution is 5.83. The van der Waals surface area contributed by atoms with Crippen molar-refractivity contribution >= 4 is 28.4 Å². The molecule has 7 heteroatoms. The zero-order valence-corrected chi connectivity index (χ0v) is 10.9. The quantitative estimate of drug-likeness (QED) is 0.510. The lowest BCUT2D eigenvalue weighted by Gasteiger charge is -2.19. The lowest BCUT2D eigenvalue weighted by molar-refractivity contribution is -0.384. The monoisotopic (exact) mass is 285 g/mol. The van der Waals surface area contributed by atoms with Gasteiger partial charge in [0.15, 0.2) is 0 Å². The SMILES string of the molecule is C#CCN(CC(=O)O)c1ccc2cc([N+](=O)[O-])ccc2n1. The highest BCUT2D eigenvalue weighted by Crippen LogP contribution is 2.22. The number of aromatic nitrogens is 1. The number of anilines is 1. The number of nitro groups is 1. The number of aliphatic carboxylic acids is 1. The third kappa shape index (κ3) is 3.25. The molecule has 0 aliphatic heterocycles. The number of benzene rings is 1. The van der Waals surface area contributed by atoms with Gasteiger partial charge in [0.2, 0.25) is 0 Å². The molecule has 1 aromatic heterocycles. The van der Waals surface area contributed by atoms with Gasteiger partial charge in [-0.3, -0.25) is 14.9 Å². The van der Waals surface area contributed by atoms with Crippen molar-refractivity contribution < 1.29 is 14.8 Å². The fourth-order valence-electron chi connectivity index (χ4n) is 1.88. The molecule has 7 nitrogen and oxygen atoms in total. The summed E-state index contributed by atoms with van der Waals surface area (Å²) in [5.41, 5.74) is 0.508. The van der Waals surface area contributed by atoms with Crippen molar-refractivity contribution in [3.05, 3.63) is 40.4 Å². The zero-order chi connectivity index (χ0) is 15.4. The van der Waals surface area contributed by atoms with Gasteiger partial charge in [-0.05, 0) is 18.2 Å². The van der Waals surface area contributed by atoms with Gasteiger partial charge in [-0.2, -0.15) is 0 Å². The molecule has 2 aromatic rings. The van der Waals surface area contributed by atoms with Crippen LogP contribution in [0.5, 0.6) is 0 Å². The number of terminal acetylenes is 1. The molecule has 0 bridgehead atoms. The van der Waals surface area contributed by atoms with Crippen LogP contribution in [0.2, 0.25) is 0 Å². The first-order valence-electron chi connectivity index (χ1n) is 5.96. The van der Waals surface area contributed by atoms with Gasteiger partial charge in [0.1, 0.15) is 12.4 Å². The van der Waals surface area contributed by atoms with E-state index in [2.05, 4.69) is 10.9 Å². The fourth-order valence-corrected chi connectivity index (χ4v) is 1.88. The molecule has 1 heterocycles. The maximum atomic E-state index is 10.8. The second-order valence-electron chi connectivity index (χ2n) is 4.26. The molecule has 0 spiro atoms. The predicted octanol–water partition coefficient (Wildman–Crippen LogP) is 1.67. The Hall–Kier alpha value is -3.14. The van der Waals surface area contributed by atoms with Crippen LogP contribution in [0, 0.1) is 22.5 Å². The Balaban J connectivity index is 2.42. The van der Waals surface area contributed by atoms with Crippen molar-refractivity contribution in [2.45, 2.75) is 0 Å². The summed E-state index contributed by atoms with van der Waals surface area (Å²) in [5.74, 6) is 1.77. The van der Waals surface area contributed by atoms with Gasteiger partial charge in [-0.15, -0.1) is 6.42 Å². The molecule has 0 aliphatic rings. The van der Waals surface area contributed by atoms with Gasteiger partial charge in [0.25, 0.3) is 5.69 Å². The number of hydrogen-bond acceptors (Lipinski definition) is 5. The lowest BCUT2D eigenvalue weighted by Crippen LogP contribution is -2.30. The van der Waals surface area contributed by atoms with Crippen LogP contribution < -0.4 is 4.90 Å². The summed E-state index contributed by atoms with van der Waals surface area (Å²) in [4.78, 5) is 26.8. The second kappa shape index (κ2) is 5.88. The predicted molar refractivity (Wildman–Crippen MR) is 77.1 cm³/mol. The van der Waals surface area contributed by atoms with Crippen LogP contribution in [-0.2, 0) is 4.79 Å². The molecular formula is C14H11N3O4. The zero-order valence-electron chi connectivity index (χ0n) is 10.9. The minimum Gasteiger partial charge on any atom is -0.480 e. The number of nitrogens with zero attached hydrogens (tertiary/aromatic N) is 3. The van der Waals surface area contributed by atoms with Crippen LogP contribution in [0.3, 0.4) is 0 Å². The summed E-state index contributed by atoms with van der Waals surface area (Å²) >= 11 is 0. The van der Waals surface area contributed by atoms with E-state index in [0.29, 0.717) is 16.7 Å². The first-order chi connectivity index (χ1) is 10.0. The standard InChI is InChI=1S/C14H11N3O4/c1-2-7-16(9-14(18)19)13-6-3-10-8-11(17(20)21)4-5-12(10)15-13/h1,3-6,8H,7,9H2,(H,18,19). The molecule has 0 saturated carbocycles. The van der Waals surface area contributed by atoms with Gasteiger partial charge in [-0.25, -0.2) is 4.98 Å². The van der Waals surface area contributed by atoms with E-state index in [1.807, 2.05) is 0 Å². The van der Waals surface area contributed by atoms with E-state index in [9.17, 15) is 14.9 Å². The Morgan fingerprint density at radius 2 is 2.19 bits per heavy atom. The Labute approximate surface area is 120 Å². The molecule has 0 unspecified atom stereocenters. The van der Waals surface area contributed by atoms with Crippen LogP contribution in [0.4, 0.5) is 11.5 Å². The number of hydrogen-bond donors (Lipinski definition) is 1. The van der Waals surface area contributed by atoms with E-state index < -0.39 is 10.9 Å². The topological polar surface area (TPSA) is 96.6 Å². The highest BCUT2D eigenvalue weighted by Gasteiger charge is 2.13.